The highest BCUT2D eigenvalue weighted by Gasteiger charge is 2.28. The standard InChI is InChI=1S/C11H20N2O2/c1-3-5-6-8(4-2)9-7-10(14)13-11(15)12-9/h8-9H,3-7H2,1-2H3,(H2,12,13,14,15). The van der Waals surface area contributed by atoms with Crippen LogP contribution in [-0.4, -0.2) is 18.0 Å². The number of carbonyl (C=O) groups is 2. The zero-order valence-corrected chi connectivity index (χ0v) is 9.51. The van der Waals surface area contributed by atoms with Gasteiger partial charge < -0.3 is 5.32 Å². The van der Waals surface area contributed by atoms with E-state index in [1.807, 2.05) is 0 Å². The molecule has 0 bridgehead atoms. The summed E-state index contributed by atoms with van der Waals surface area (Å²) in [7, 11) is 0. The van der Waals surface area contributed by atoms with Gasteiger partial charge in [0, 0.05) is 12.5 Å². The maximum atomic E-state index is 11.2. The third kappa shape index (κ3) is 3.53. The van der Waals surface area contributed by atoms with Crippen LogP contribution in [0.5, 0.6) is 0 Å². The Morgan fingerprint density at radius 1 is 1.40 bits per heavy atom. The number of hydrogen-bond acceptors (Lipinski definition) is 2. The van der Waals surface area contributed by atoms with Crippen molar-refractivity contribution in [3.8, 4) is 0 Å². The molecule has 0 radical (unpaired) electrons. The molecule has 0 saturated carbocycles. The van der Waals surface area contributed by atoms with Crippen LogP contribution in [-0.2, 0) is 4.79 Å². The Balaban J connectivity index is 2.51. The summed E-state index contributed by atoms with van der Waals surface area (Å²) in [5, 5.41) is 5.09. The summed E-state index contributed by atoms with van der Waals surface area (Å²) in [6, 6.07) is -0.311. The third-order valence-electron chi connectivity index (χ3n) is 3.00. The predicted octanol–water partition coefficient (Wildman–Crippen LogP) is 1.80. The third-order valence-corrected chi connectivity index (χ3v) is 3.00. The van der Waals surface area contributed by atoms with Crippen molar-refractivity contribution in [2.75, 3.05) is 0 Å². The highest BCUT2D eigenvalue weighted by atomic mass is 16.2. The van der Waals surface area contributed by atoms with Crippen LogP contribution in [0.3, 0.4) is 0 Å². The molecule has 4 heteroatoms. The van der Waals surface area contributed by atoms with Gasteiger partial charge in [0.1, 0.15) is 0 Å². The van der Waals surface area contributed by atoms with Gasteiger partial charge in [-0.1, -0.05) is 33.1 Å². The van der Waals surface area contributed by atoms with Gasteiger partial charge in [-0.2, -0.15) is 0 Å². The van der Waals surface area contributed by atoms with Crippen molar-refractivity contribution in [1.29, 1.82) is 0 Å². The van der Waals surface area contributed by atoms with Crippen molar-refractivity contribution < 1.29 is 9.59 Å². The summed E-state index contributed by atoms with van der Waals surface area (Å²) in [4.78, 5) is 22.3. The van der Waals surface area contributed by atoms with Crippen molar-refractivity contribution in [3.05, 3.63) is 0 Å². The lowest BCUT2D eigenvalue weighted by atomic mass is 9.88. The lowest BCUT2D eigenvalue weighted by molar-refractivity contribution is -0.121. The Bertz CT molecular complexity index is 225. The molecule has 0 aromatic carbocycles. The first-order valence-corrected chi connectivity index (χ1v) is 5.77. The molecule has 1 heterocycles. The van der Waals surface area contributed by atoms with Gasteiger partial charge in [-0.15, -0.1) is 0 Å². The molecule has 1 rings (SSSR count). The number of urea groups is 1. The highest BCUT2D eigenvalue weighted by molar-refractivity contribution is 5.97. The van der Waals surface area contributed by atoms with E-state index in [1.54, 1.807) is 0 Å². The van der Waals surface area contributed by atoms with E-state index in [9.17, 15) is 9.59 Å². The number of amides is 3. The van der Waals surface area contributed by atoms with Crippen LogP contribution < -0.4 is 10.6 Å². The molecule has 2 N–H and O–H groups in total. The minimum atomic E-state index is -0.341. The average molecular weight is 212 g/mol. The lowest BCUT2D eigenvalue weighted by Gasteiger charge is -2.30. The highest BCUT2D eigenvalue weighted by Crippen LogP contribution is 2.20. The van der Waals surface area contributed by atoms with E-state index >= 15 is 0 Å². The van der Waals surface area contributed by atoms with Crippen LogP contribution in [0.15, 0.2) is 0 Å². The van der Waals surface area contributed by atoms with Crippen molar-refractivity contribution in [2.24, 2.45) is 5.92 Å². The molecule has 4 nitrogen and oxygen atoms in total. The van der Waals surface area contributed by atoms with E-state index in [1.165, 1.54) is 0 Å². The van der Waals surface area contributed by atoms with Crippen molar-refractivity contribution >= 4 is 11.9 Å². The zero-order valence-electron chi connectivity index (χ0n) is 9.51. The quantitative estimate of drug-likeness (QED) is 0.730. The summed E-state index contributed by atoms with van der Waals surface area (Å²) in [6.45, 7) is 4.26. The number of rotatable bonds is 5. The van der Waals surface area contributed by atoms with Gasteiger partial charge in [0.05, 0.1) is 0 Å². The minimum Gasteiger partial charge on any atom is -0.334 e. The number of imide groups is 1. The summed E-state index contributed by atoms with van der Waals surface area (Å²) < 4.78 is 0. The zero-order chi connectivity index (χ0) is 11.3. The summed E-state index contributed by atoms with van der Waals surface area (Å²) in [6.07, 6.45) is 4.84. The number of hydrogen-bond donors (Lipinski definition) is 2. The van der Waals surface area contributed by atoms with E-state index < -0.39 is 0 Å². The Hall–Kier alpha value is -1.06. The topological polar surface area (TPSA) is 58.2 Å². The minimum absolute atomic E-state index is 0.0304. The smallest absolute Gasteiger partial charge is 0.321 e. The van der Waals surface area contributed by atoms with Crippen LogP contribution in [0, 0.1) is 5.92 Å². The summed E-state index contributed by atoms with van der Waals surface area (Å²) in [5.41, 5.74) is 0. The first kappa shape index (κ1) is 12.0. The molecule has 1 aliphatic heterocycles. The summed E-state index contributed by atoms with van der Waals surface area (Å²) >= 11 is 0. The second-order valence-corrected chi connectivity index (χ2v) is 4.14. The fourth-order valence-electron chi connectivity index (χ4n) is 2.07. The van der Waals surface area contributed by atoms with Crippen LogP contribution >= 0.6 is 0 Å². The normalized spacial score (nSPS) is 23.2. The number of nitrogens with one attached hydrogen (secondary N) is 2. The van der Waals surface area contributed by atoms with Crippen LogP contribution in [0.4, 0.5) is 4.79 Å². The first-order chi connectivity index (χ1) is 7.17. The molecule has 15 heavy (non-hydrogen) atoms. The molecule has 0 aromatic heterocycles. The molecule has 0 spiro atoms. The molecule has 1 aliphatic rings. The largest absolute Gasteiger partial charge is 0.334 e. The fourth-order valence-corrected chi connectivity index (χ4v) is 2.07. The number of carbonyl (C=O) groups excluding carboxylic acids is 2. The molecule has 2 unspecified atom stereocenters. The van der Waals surface area contributed by atoms with Gasteiger partial charge in [-0.25, -0.2) is 4.79 Å². The van der Waals surface area contributed by atoms with Gasteiger partial charge in [0.2, 0.25) is 5.91 Å². The number of unbranched alkanes of at least 4 members (excludes halogenated alkanes) is 1. The molecule has 0 aliphatic carbocycles. The molecule has 0 aromatic rings. The summed E-state index contributed by atoms with van der Waals surface area (Å²) in [5.74, 6) is 0.277. The Morgan fingerprint density at radius 2 is 2.13 bits per heavy atom. The van der Waals surface area contributed by atoms with E-state index in [0.717, 1.165) is 25.7 Å². The SMILES string of the molecule is CCCCC(CC)C1CC(=O)NC(=O)N1. The monoisotopic (exact) mass is 212 g/mol. The van der Waals surface area contributed by atoms with Gasteiger partial charge in [0.15, 0.2) is 0 Å². The second kappa shape index (κ2) is 5.73. The van der Waals surface area contributed by atoms with Crippen LogP contribution in [0.25, 0.3) is 0 Å². The van der Waals surface area contributed by atoms with E-state index in [0.29, 0.717) is 12.3 Å². The molecule has 2 atom stereocenters. The Labute approximate surface area is 90.8 Å². The molecular weight excluding hydrogens is 192 g/mol. The average Bonchev–Trinajstić information content (AvgIpc) is 2.17. The fraction of sp³-hybridized carbons (Fsp3) is 0.818. The van der Waals surface area contributed by atoms with E-state index in [4.69, 9.17) is 0 Å². The van der Waals surface area contributed by atoms with Gasteiger partial charge >= 0.3 is 6.03 Å². The van der Waals surface area contributed by atoms with Gasteiger partial charge in [0.25, 0.3) is 0 Å². The van der Waals surface area contributed by atoms with Gasteiger partial charge in [-0.3, -0.25) is 10.1 Å². The Kier molecular flexibility index (Phi) is 4.59. The maximum Gasteiger partial charge on any atom is 0.321 e. The second-order valence-electron chi connectivity index (χ2n) is 4.14. The van der Waals surface area contributed by atoms with Gasteiger partial charge in [-0.05, 0) is 12.3 Å². The van der Waals surface area contributed by atoms with Crippen molar-refractivity contribution in [3.63, 3.8) is 0 Å². The lowest BCUT2D eigenvalue weighted by Crippen LogP contribution is -2.54. The van der Waals surface area contributed by atoms with Crippen LogP contribution in [0.2, 0.25) is 0 Å². The first-order valence-electron chi connectivity index (χ1n) is 5.77. The maximum absolute atomic E-state index is 11.2. The Morgan fingerprint density at radius 3 is 2.67 bits per heavy atom. The molecule has 1 saturated heterocycles. The van der Waals surface area contributed by atoms with Crippen molar-refractivity contribution in [2.45, 2.75) is 52.0 Å². The molecule has 3 amide bonds. The predicted molar refractivity (Wildman–Crippen MR) is 58.4 cm³/mol. The van der Waals surface area contributed by atoms with Crippen molar-refractivity contribution in [1.82, 2.24) is 10.6 Å². The molecule has 86 valence electrons. The van der Waals surface area contributed by atoms with Crippen LogP contribution in [0.1, 0.15) is 46.0 Å². The van der Waals surface area contributed by atoms with E-state index in [2.05, 4.69) is 24.5 Å². The molecule has 1 fully saturated rings. The van der Waals surface area contributed by atoms with E-state index in [-0.39, 0.29) is 18.0 Å². The molecular formula is C11H20N2O2.